The smallest absolute Gasteiger partial charge is 0.411 e. The highest BCUT2D eigenvalue weighted by molar-refractivity contribution is 6.07. The molecule has 0 bridgehead atoms. The summed E-state index contributed by atoms with van der Waals surface area (Å²) in [5, 5.41) is 9.33. The van der Waals surface area contributed by atoms with Crippen LogP contribution in [0.15, 0.2) is 40.5 Å². The summed E-state index contributed by atoms with van der Waals surface area (Å²) in [6, 6.07) is 8.48. The normalized spacial score (nSPS) is 18.7. The SMILES string of the molecule is CC1=NC(C)=C(C(=O)OCCOCC(F)(F)F)C(c2cccc(C#N)c2)C1C(=O)OC(C)(C)C. The van der Waals surface area contributed by atoms with Gasteiger partial charge in [0.25, 0.3) is 0 Å². The number of carbonyl (C=O) groups is 2. The maximum Gasteiger partial charge on any atom is 0.411 e. The Kier molecular flexibility index (Phi) is 8.61. The molecule has 1 heterocycles. The molecule has 184 valence electrons. The van der Waals surface area contributed by atoms with Crippen LogP contribution in [0.5, 0.6) is 0 Å². The fraction of sp³-hybridized carbons (Fsp3) is 0.500. The second kappa shape index (κ2) is 10.8. The molecule has 0 aliphatic carbocycles. The van der Waals surface area contributed by atoms with Crippen LogP contribution < -0.4 is 0 Å². The van der Waals surface area contributed by atoms with Gasteiger partial charge in [-0.1, -0.05) is 12.1 Å². The van der Waals surface area contributed by atoms with E-state index >= 15 is 0 Å². The average Bonchev–Trinajstić information content (AvgIpc) is 2.70. The van der Waals surface area contributed by atoms with Crippen LogP contribution in [-0.4, -0.2) is 49.2 Å². The summed E-state index contributed by atoms with van der Waals surface area (Å²) in [5.41, 5.74) is 0.807. The Labute approximate surface area is 196 Å². The van der Waals surface area contributed by atoms with Crippen molar-refractivity contribution in [3.8, 4) is 6.07 Å². The lowest BCUT2D eigenvalue weighted by atomic mass is 9.75. The van der Waals surface area contributed by atoms with Crippen LogP contribution in [-0.2, 0) is 23.8 Å². The van der Waals surface area contributed by atoms with Crippen molar-refractivity contribution in [2.45, 2.75) is 52.3 Å². The number of rotatable bonds is 7. The standard InChI is InChI=1S/C24H27F3N2O5/c1-14-18(21(30)33-10-9-32-13-24(25,26)27)20(17-8-6-7-16(11-17)12-28)19(15(2)29-14)22(31)34-23(3,4)5/h6-8,11,19-20H,9-10,13H2,1-5H3. The Morgan fingerprint density at radius 3 is 2.41 bits per heavy atom. The Morgan fingerprint density at radius 1 is 1.15 bits per heavy atom. The second-order valence-electron chi connectivity index (χ2n) is 8.78. The maximum absolute atomic E-state index is 13.2. The predicted molar refractivity (Wildman–Crippen MR) is 117 cm³/mol. The van der Waals surface area contributed by atoms with Gasteiger partial charge in [0.1, 0.15) is 24.7 Å². The first-order valence-electron chi connectivity index (χ1n) is 10.5. The molecular weight excluding hydrogens is 453 g/mol. The number of allylic oxidation sites excluding steroid dienone is 1. The van der Waals surface area contributed by atoms with Gasteiger partial charge < -0.3 is 14.2 Å². The van der Waals surface area contributed by atoms with Gasteiger partial charge in [0.15, 0.2) is 0 Å². The van der Waals surface area contributed by atoms with Crippen LogP contribution in [0.2, 0.25) is 0 Å². The molecule has 0 N–H and O–H groups in total. The molecule has 1 aliphatic heterocycles. The van der Waals surface area contributed by atoms with E-state index in [-0.39, 0.29) is 5.57 Å². The number of hydrogen-bond donors (Lipinski definition) is 0. The molecule has 0 fully saturated rings. The number of aliphatic imine (C=N–C) groups is 1. The summed E-state index contributed by atoms with van der Waals surface area (Å²) in [7, 11) is 0. The minimum absolute atomic E-state index is 0.0624. The molecule has 0 spiro atoms. The van der Waals surface area contributed by atoms with Gasteiger partial charge in [-0.2, -0.15) is 18.4 Å². The van der Waals surface area contributed by atoms with Crippen LogP contribution in [0.1, 0.15) is 51.7 Å². The van der Waals surface area contributed by atoms with Gasteiger partial charge in [-0.3, -0.25) is 9.79 Å². The molecule has 0 radical (unpaired) electrons. The monoisotopic (exact) mass is 480 g/mol. The number of nitriles is 1. The highest BCUT2D eigenvalue weighted by atomic mass is 19.4. The summed E-state index contributed by atoms with van der Waals surface area (Å²) in [4.78, 5) is 30.5. The van der Waals surface area contributed by atoms with Crippen molar-refractivity contribution in [2.75, 3.05) is 19.8 Å². The molecule has 1 aliphatic rings. The molecule has 0 saturated heterocycles. The number of nitrogens with zero attached hydrogens (tertiary/aromatic N) is 2. The lowest BCUT2D eigenvalue weighted by Crippen LogP contribution is -2.39. The second-order valence-corrected chi connectivity index (χ2v) is 8.78. The lowest BCUT2D eigenvalue weighted by Gasteiger charge is -2.33. The zero-order chi connectivity index (χ0) is 25.7. The molecule has 1 aromatic rings. The van der Waals surface area contributed by atoms with Crippen molar-refractivity contribution < 1.29 is 37.0 Å². The average molecular weight is 480 g/mol. The fourth-order valence-corrected chi connectivity index (χ4v) is 3.59. The van der Waals surface area contributed by atoms with E-state index in [1.165, 1.54) is 0 Å². The van der Waals surface area contributed by atoms with Crippen LogP contribution >= 0.6 is 0 Å². The van der Waals surface area contributed by atoms with Gasteiger partial charge in [0.05, 0.1) is 23.8 Å². The third kappa shape index (κ3) is 7.42. The molecule has 2 atom stereocenters. The number of benzene rings is 1. The third-order valence-electron chi connectivity index (χ3n) is 4.81. The molecular formula is C24H27F3N2O5. The van der Waals surface area contributed by atoms with Gasteiger partial charge in [-0.25, -0.2) is 4.79 Å². The summed E-state index contributed by atoms with van der Waals surface area (Å²) < 4.78 is 51.9. The predicted octanol–water partition coefficient (Wildman–Crippen LogP) is 4.47. The largest absolute Gasteiger partial charge is 0.460 e. The Balaban J connectivity index is 2.40. The van der Waals surface area contributed by atoms with E-state index < -0.39 is 55.4 Å². The molecule has 2 unspecified atom stereocenters. The Hall–Kier alpha value is -3.19. The van der Waals surface area contributed by atoms with Gasteiger partial charge in [-0.15, -0.1) is 0 Å². The summed E-state index contributed by atoms with van der Waals surface area (Å²) in [5.74, 6) is -3.29. The molecule has 1 aromatic carbocycles. The first kappa shape index (κ1) is 27.1. The van der Waals surface area contributed by atoms with Gasteiger partial charge in [-0.05, 0) is 52.3 Å². The number of halogens is 3. The van der Waals surface area contributed by atoms with Crippen molar-refractivity contribution in [2.24, 2.45) is 10.9 Å². The topological polar surface area (TPSA) is 98.0 Å². The van der Waals surface area contributed by atoms with E-state index in [0.29, 0.717) is 22.5 Å². The van der Waals surface area contributed by atoms with E-state index in [9.17, 15) is 28.0 Å². The summed E-state index contributed by atoms with van der Waals surface area (Å²) in [6.07, 6.45) is -4.49. The van der Waals surface area contributed by atoms with E-state index in [1.54, 1.807) is 58.9 Å². The first-order chi connectivity index (χ1) is 15.7. The molecule has 2 rings (SSSR count). The van der Waals surface area contributed by atoms with E-state index in [1.807, 2.05) is 6.07 Å². The molecule has 7 nitrogen and oxygen atoms in total. The third-order valence-corrected chi connectivity index (χ3v) is 4.81. The van der Waals surface area contributed by atoms with Gasteiger partial charge >= 0.3 is 18.1 Å². The van der Waals surface area contributed by atoms with Gasteiger partial charge in [0.2, 0.25) is 0 Å². The minimum atomic E-state index is -4.49. The Morgan fingerprint density at radius 2 is 1.82 bits per heavy atom. The molecule has 0 saturated carbocycles. The Bertz CT molecular complexity index is 1030. The molecule has 34 heavy (non-hydrogen) atoms. The summed E-state index contributed by atoms with van der Waals surface area (Å²) >= 11 is 0. The minimum Gasteiger partial charge on any atom is -0.460 e. The van der Waals surface area contributed by atoms with Gasteiger partial charge in [0, 0.05) is 17.3 Å². The zero-order valence-corrected chi connectivity index (χ0v) is 19.7. The van der Waals surface area contributed by atoms with Crippen molar-refractivity contribution in [3.63, 3.8) is 0 Å². The van der Waals surface area contributed by atoms with Crippen molar-refractivity contribution in [1.82, 2.24) is 0 Å². The number of esters is 2. The first-order valence-corrected chi connectivity index (χ1v) is 10.5. The van der Waals surface area contributed by atoms with E-state index in [2.05, 4.69) is 9.73 Å². The van der Waals surface area contributed by atoms with Crippen molar-refractivity contribution >= 4 is 17.7 Å². The van der Waals surface area contributed by atoms with Crippen molar-refractivity contribution in [1.29, 1.82) is 5.26 Å². The number of hydrogen-bond acceptors (Lipinski definition) is 7. The molecule has 0 aromatic heterocycles. The lowest BCUT2D eigenvalue weighted by molar-refractivity contribution is -0.177. The number of carbonyl (C=O) groups excluding carboxylic acids is 2. The molecule has 10 heteroatoms. The maximum atomic E-state index is 13.2. The number of ether oxygens (including phenoxy) is 3. The highest BCUT2D eigenvalue weighted by Gasteiger charge is 2.43. The van der Waals surface area contributed by atoms with Crippen molar-refractivity contribution in [3.05, 3.63) is 46.7 Å². The quantitative estimate of drug-likeness (QED) is 0.422. The summed E-state index contributed by atoms with van der Waals surface area (Å²) in [6.45, 7) is 6.02. The zero-order valence-electron chi connectivity index (χ0n) is 19.7. The van der Waals surface area contributed by atoms with E-state index in [4.69, 9.17) is 9.47 Å². The fourth-order valence-electron chi connectivity index (χ4n) is 3.59. The van der Waals surface area contributed by atoms with Crippen LogP contribution in [0.3, 0.4) is 0 Å². The van der Waals surface area contributed by atoms with Crippen LogP contribution in [0.25, 0.3) is 0 Å². The van der Waals surface area contributed by atoms with Crippen LogP contribution in [0, 0.1) is 17.2 Å². The van der Waals surface area contributed by atoms with Crippen LogP contribution in [0.4, 0.5) is 13.2 Å². The molecule has 0 amide bonds. The highest BCUT2D eigenvalue weighted by Crippen LogP contribution is 2.40. The number of alkyl halides is 3. The van der Waals surface area contributed by atoms with E-state index in [0.717, 1.165) is 0 Å².